The van der Waals surface area contributed by atoms with E-state index in [1.807, 2.05) is 39.8 Å². The second-order valence-electron chi connectivity index (χ2n) is 5.81. The van der Waals surface area contributed by atoms with E-state index in [1.54, 1.807) is 6.20 Å². The molecule has 2 N–H and O–H groups in total. The first-order chi connectivity index (χ1) is 9.35. The summed E-state index contributed by atoms with van der Waals surface area (Å²) >= 11 is 0. The molecule has 1 aromatic rings. The van der Waals surface area contributed by atoms with E-state index < -0.39 is 11.7 Å². The summed E-state index contributed by atoms with van der Waals surface area (Å²) in [7, 11) is 0. The lowest BCUT2D eigenvalue weighted by Gasteiger charge is -2.25. The third-order valence-corrected chi connectivity index (χ3v) is 2.85. The SMILES string of the molecule is C[C@H]1Oc2ncccc2NC[C@H]1NC(=O)OC(C)(C)C. The Morgan fingerprint density at radius 2 is 2.30 bits per heavy atom. The van der Waals surface area contributed by atoms with Gasteiger partial charge in [-0.05, 0) is 39.8 Å². The van der Waals surface area contributed by atoms with Gasteiger partial charge in [0.25, 0.3) is 0 Å². The maximum Gasteiger partial charge on any atom is 0.408 e. The Bertz CT molecular complexity index is 485. The van der Waals surface area contributed by atoms with Crippen LogP contribution in [0.25, 0.3) is 0 Å². The molecule has 20 heavy (non-hydrogen) atoms. The smallest absolute Gasteiger partial charge is 0.408 e. The number of carbonyl (C=O) groups is 1. The van der Waals surface area contributed by atoms with Gasteiger partial charge in [0.05, 0.1) is 11.7 Å². The summed E-state index contributed by atoms with van der Waals surface area (Å²) < 4.78 is 11.0. The van der Waals surface area contributed by atoms with Crippen LogP contribution in [0, 0.1) is 0 Å². The molecule has 2 atom stereocenters. The van der Waals surface area contributed by atoms with Crippen molar-refractivity contribution in [2.45, 2.75) is 45.4 Å². The number of pyridine rings is 1. The molecule has 2 rings (SSSR count). The maximum atomic E-state index is 11.8. The van der Waals surface area contributed by atoms with Crippen LogP contribution in [-0.4, -0.2) is 35.4 Å². The number of hydrogen-bond donors (Lipinski definition) is 2. The van der Waals surface area contributed by atoms with E-state index in [0.29, 0.717) is 12.4 Å². The molecule has 1 aromatic heterocycles. The average molecular weight is 279 g/mol. The lowest BCUT2D eigenvalue weighted by molar-refractivity contribution is 0.0462. The number of carbonyl (C=O) groups excluding carboxylic acids is 1. The summed E-state index contributed by atoms with van der Waals surface area (Å²) in [5.74, 6) is 0.550. The number of rotatable bonds is 1. The van der Waals surface area contributed by atoms with Crippen molar-refractivity contribution in [1.29, 1.82) is 0 Å². The molecule has 2 heterocycles. The Balaban J connectivity index is 2.00. The van der Waals surface area contributed by atoms with E-state index in [2.05, 4.69) is 15.6 Å². The quantitative estimate of drug-likeness (QED) is 0.824. The van der Waals surface area contributed by atoms with Gasteiger partial charge in [-0.25, -0.2) is 9.78 Å². The number of amides is 1. The van der Waals surface area contributed by atoms with Gasteiger partial charge in [0.15, 0.2) is 0 Å². The Morgan fingerprint density at radius 3 is 3.00 bits per heavy atom. The van der Waals surface area contributed by atoms with Crippen LogP contribution in [0.3, 0.4) is 0 Å². The second-order valence-corrected chi connectivity index (χ2v) is 5.81. The predicted octanol–water partition coefficient (Wildman–Crippen LogP) is 2.17. The van der Waals surface area contributed by atoms with Gasteiger partial charge < -0.3 is 20.1 Å². The Morgan fingerprint density at radius 1 is 1.55 bits per heavy atom. The summed E-state index contributed by atoms with van der Waals surface area (Å²) in [5.41, 5.74) is 0.310. The van der Waals surface area contributed by atoms with Crippen LogP contribution < -0.4 is 15.4 Å². The van der Waals surface area contributed by atoms with Crippen molar-refractivity contribution in [2.24, 2.45) is 0 Å². The molecular formula is C14H21N3O3. The van der Waals surface area contributed by atoms with Crippen LogP contribution in [0.4, 0.5) is 10.5 Å². The molecule has 0 saturated carbocycles. The summed E-state index contributed by atoms with van der Waals surface area (Å²) in [6.07, 6.45) is 1.03. The molecule has 110 valence electrons. The average Bonchev–Trinajstić information content (AvgIpc) is 2.47. The zero-order valence-electron chi connectivity index (χ0n) is 12.3. The first-order valence-electron chi connectivity index (χ1n) is 6.70. The molecule has 0 unspecified atom stereocenters. The van der Waals surface area contributed by atoms with Crippen LogP contribution in [0.2, 0.25) is 0 Å². The standard InChI is InChI=1S/C14H21N3O3/c1-9-11(17-13(18)20-14(2,3)4)8-16-10-6-5-7-15-12(10)19-9/h5-7,9,11,16H,8H2,1-4H3,(H,17,18)/t9-,11-/m1/s1. The summed E-state index contributed by atoms with van der Waals surface area (Å²) in [5, 5.41) is 6.04. The van der Waals surface area contributed by atoms with Crippen molar-refractivity contribution in [2.75, 3.05) is 11.9 Å². The Labute approximate surface area is 118 Å². The van der Waals surface area contributed by atoms with Crippen molar-refractivity contribution in [1.82, 2.24) is 10.3 Å². The fourth-order valence-electron chi connectivity index (χ4n) is 1.89. The van der Waals surface area contributed by atoms with Gasteiger partial charge in [-0.2, -0.15) is 0 Å². The number of nitrogens with one attached hydrogen (secondary N) is 2. The van der Waals surface area contributed by atoms with E-state index in [0.717, 1.165) is 5.69 Å². The number of ether oxygens (including phenoxy) is 2. The maximum absolute atomic E-state index is 11.8. The third-order valence-electron chi connectivity index (χ3n) is 2.85. The number of fused-ring (bicyclic) bond motifs is 1. The van der Waals surface area contributed by atoms with E-state index in [9.17, 15) is 4.79 Å². The normalized spacial score (nSPS) is 21.8. The van der Waals surface area contributed by atoms with Crippen molar-refractivity contribution in [3.05, 3.63) is 18.3 Å². The van der Waals surface area contributed by atoms with Gasteiger partial charge in [-0.3, -0.25) is 0 Å². The van der Waals surface area contributed by atoms with Crippen LogP contribution in [-0.2, 0) is 4.74 Å². The van der Waals surface area contributed by atoms with Gasteiger partial charge in [0, 0.05) is 12.7 Å². The first kappa shape index (κ1) is 14.4. The predicted molar refractivity (Wildman–Crippen MR) is 76.0 cm³/mol. The number of nitrogens with zero attached hydrogens (tertiary/aromatic N) is 1. The number of alkyl carbamates (subject to hydrolysis) is 1. The van der Waals surface area contributed by atoms with Crippen molar-refractivity contribution in [3.63, 3.8) is 0 Å². The molecule has 0 aromatic carbocycles. The molecule has 1 aliphatic rings. The lowest BCUT2D eigenvalue weighted by Crippen LogP contribution is -2.49. The van der Waals surface area contributed by atoms with E-state index in [4.69, 9.17) is 9.47 Å². The molecule has 0 radical (unpaired) electrons. The van der Waals surface area contributed by atoms with Gasteiger partial charge in [-0.1, -0.05) is 0 Å². The minimum Gasteiger partial charge on any atom is -0.471 e. The van der Waals surface area contributed by atoms with Gasteiger partial charge >= 0.3 is 6.09 Å². The minimum atomic E-state index is -0.517. The minimum absolute atomic E-state index is 0.195. The first-order valence-corrected chi connectivity index (χ1v) is 6.70. The molecule has 6 nitrogen and oxygen atoms in total. The van der Waals surface area contributed by atoms with Crippen LogP contribution in [0.15, 0.2) is 18.3 Å². The molecule has 0 saturated heterocycles. The highest BCUT2D eigenvalue weighted by Crippen LogP contribution is 2.25. The summed E-state index contributed by atoms with van der Waals surface area (Å²) in [6.45, 7) is 7.94. The Hall–Kier alpha value is -1.98. The largest absolute Gasteiger partial charge is 0.471 e. The van der Waals surface area contributed by atoms with Crippen LogP contribution >= 0.6 is 0 Å². The van der Waals surface area contributed by atoms with Crippen molar-refractivity contribution < 1.29 is 14.3 Å². The fourth-order valence-corrected chi connectivity index (χ4v) is 1.89. The van der Waals surface area contributed by atoms with Crippen LogP contribution in [0.5, 0.6) is 5.88 Å². The molecule has 1 amide bonds. The van der Waals surface area contributed by atoms with E-state index in [-0.39, 0.29) is 12.1 Å². The topological polar surface area (TPSA) is 72.5 Å². The zero-order chi connectivity index (χ0) is 14.8. The van der Waals surface area contributed by atoms with Gasteiger partial charge in [0.2, 0.25) is 5.88 Å². The van der Waals surface area contributed by atoms with Gasteiger partial charge in [0.1, 0.15) is 11.7 Å². The third kappa shape index (κ3) is 3.76. The highest BCUT2D eigenvalue weighted by molar-refractivity contribution is 5.68. The highest BCUT2D eigenvalue weighted by Gasteiger charge is 2.27. The molecule has 6 heteroatoms. The molecule has 0 aliphatic carbocycles. The number of hydrogen-bond acceptors (Lipinski definition) is 5. The van der Waals surface area contributed by atoms with E-state index in [1.165, 1.54) is 0 Å². The lowest BCUT2D eigenvalue weighted by atomic mass is 10.2. The molecule has 0 spiro atoms. The van der Waals surface area contributed by atoms with E-state index >= 15 is 0 Å². The monoisotopic (exact) mass is 279 g/mol. The summed E-state index contributed by atoms with van der Waals surface area (Å²) in [6, 6.07) is 3.53. The summed E-state index contributed by atoms with van der Waals surface area (Å²) in [4.78, 5) is 16.0. The van der Waals surface area contributed by atoms with Crippen molar-refractivity contribution in [3.8, 4) is 5.88 Å². The Kier molecular flexibility index (Phi) is 4.01. The molecule has 1 aliphatic heterocycles. The highest BCUT2D eigenvalue weighted by atomic mass is 16.6. The molecular weight excluding hydrogens is 258 g/mol. The van der Waals surface area contributed by atoms with Gasteiger partial charge in [-0.15, -0.1) is 0 Å². The number of aromatic nitrogens is 1. The fraction of sp³-hybridized carbons (Fsp3) is 0.571. The second kappa shape index (κ2) is 5.56. The van der Waals surface area contributed by atoms with Crippen LogP contribution in [0.1, 0.15) is 27.7 Å². The number of anilines is 1. The van der Waals surface area contributed by atoms with Crippen molar-refractivity contribution >= 4 is 11.8 Å². The molecule has 0 bridgehead atoms. The zero-order valence-corrected chi connectivity index (χ0v) is 12.3. The molecule has 0 fully saturated rings.